The summed E-state index contributed by atoms with van der Waals surface area (Å²) in [4.78, 5) is 11.8. The Morgan fingerprint density at radius 2 is 2.00 bits per heavy atom. The van der Waals surface area contributed by atoms with Crippen LogP contribution in [0, 0.1) is 4.77 Å². The molecule has 8 heteroatoms. The number of nitrogens with zero attached hydrogens (tertiary/aromatic N) is 3. The molecule has 1 aromatic heterocycles. The summed E-state index contributed by atoms with van der Waals surface area (Å²) in [7, 11) is 0. The van der Waals surface area contributed by atoms with E-state index in [0.717, 1.165) is 22.9 Å². The van der Waals surface area contributed by atoms with Crippen molar-refractivity contribution >= 4 is 18.4 Å². The third-order valence-corrected chi connectivity index (χ3v) is 4.08. The Kier molecular flexibility index (Phi) is 6.69. The fraction of sp³-hybridized carbons (Fsp3) is 0.200. The maximum atomic E-state index is 11.8. The van der Waals surface area contributed by atoms with Gasteiger partial charge >= 0.3 is 0 Å². The number of hydrogen-bond acceptors (Lipinski definition) is 6. The molecule has 0 saturated carbocycles. The van der Waals surface area contributed by atoms with Crippen LogP contribution in [0.3, 0.4) is 0 Å². The van der Waals surface area contributed by atoms with Gasteiger partial charge in [-0.3, -0.25) is 9.89 Å². The lowest BCUT2D eigenvalue weighted by atomic mass is 10.2. The molecule has 0 fully saturated rings. The van der Waals surface area contributed by atoms with E-state index >= 15 is 0 Å². The average Bonchev–Trinajstić information content (AvgIpc) is 2.70. The van der Waals surface area contributed by atoms with E-state index in [1.165, 1.54) is 11.8 Å². The SMILES string of the molecule is CCOc1cc(/C=N/n2c(=O)cn[nH]c2=S)ccc1OCCc1ccccc1. The first-order valence-electron chi connectivity index (χ1n) is 8.82. The van der Waals surface area contributed by atoms with Crippen LogP contribution >= 0.6 is 12.2 Å². The molecular formula is C20H20N4O3S. The lowest BCUT2D eigenvalue weighted by molar-refractivity contribution is 0.279. The molecule has 0 aliphatic carbocycles. The summed E-state index contributed by atoms with van der Waals surface area (Å²) >= 11 is 5.02. The number of rotatable bonds is 8. The van der Waals surface area contributed by atoms with Crippen molar-refractivity contribution in [1.82, 2.24) is 14.9 Å². The number of ether oxygens (including phenoxy) is 2. The number of H-pyrrole nitrogens is 1. The van der Waals surface area contributed by atoms with Crippen LogP contribution in [0.4, 0.5) is 0 Å². The van der Waals surface area contributed by atoms with Gasteiger partial charge in [0.15, 0.2) is 11.5 Å². The minimum absolute atomic E-state index is 0.120. The third kappa shape index (κ3) is 5.14. The molecule has 3 rings (SSSR count). The van der Waals surface area contributed by atoms with Crippen molar-refractivity contribution in [2.75, 3.05) is 13.2 Å². The normalized spacial score (nSPS) is 10.9. The van der Waals surface area contributed by atoms with E-state index in [-0.39, 0.29) is 4.77 Å². The van der Waals surface area contributed by atoms with E-state index in [1.807, 2.05) is 43.3 Å². The van der Waals surface area contributed by atoms with Gasteiger partial charge in [0.05, 0.1) is 19.4 Å². The Bertz CT molecular complexity index is 1030. The molecule has 7 nitrogen and oxygen atoms in total. The molecule has 2 aromatic carbocycles. The van der Waals surface area contributed by atoms with Crippen LogP contribution in [0.1, 0.15) is 18.1 Å². The van der Waals surface area contributed by atoms with Gasteiger partial charge in [0.25, 0.3) is 5.56 Å². The van der Waals surface area contributed by atoms with Gasteiger partial charge in [0, 0.05) is 6.42 Å². The summed E-state index contributed by atoms with van der Waals surface area (Å²) in [6, 6.07) is 15.6. The van der Waals surface area contributed by atoms with Gasteiger partial charge in [-0.15, -0.1) is 0 Å². The second kappa shape index (κ2) is 9.61. The molecule has 0 aliphatic rings. The first-order valence-corrected chi connectivity index (χ1v) is 9.23. The number of nitrogens with one attached hydrogen (secondary N) is 1. The molecule has 0 spiro atoms. The molecular weight excluding hydrogens is 376 g/mol. The van der Waals surface area contributed by atoms with Gasteiger partial charge < -0.3 is 9.47 Å². The van der Waals surface area contributed by atoms with Crippen LogP contribution in [0.2, 0.25) is 0 Å². The summed E-state index contributed by atoms with van der Waals surface area (Å²) in [5, 5.41) is 10.3. The summed E-state index contributed by atoms with van der Waals surface area (Å²) in [5.74, 6) is 1.28. The van der Waals surface area contributed by atoms with Crippen LogP contribution < -0.4 is 15.0 Å². The molecule has 1 heterocycles. The van der Waals surface area contributed by atoms with Crippen LogP contribution in [0.25, 0.3) is 0 Å². The third-order valence-electron chi connectivity index (χ3n) is 3.82. The van der Waals surface area contributed by atoms with E-state index in [4.69, 9.17) is 21.7 Å². The van der Waals surface area contributed by atoms with Gasteiger partial charge in [-0.2, -0.15) is 14.9 Å². The zero-order valence-electron chi connectivity index (χ0n) is 15.4. The molecule has 0 atom stereocenters. The maximum absolute atomic E-state index is 11.8. The molecule has 3 aromatic rings. The smallest absolute Gasteiger partial charge is 0.293 e. The quantitative estimate of drug-likeness (QED) is 0.467. The number of aromatic nitrogens is 3. The van der Waals surface area contributed by atoms with E-state index in [2.05, 4.69) is 27.4 Å². The average molecular weight is 396 g/mol. The standard InChI is InChI=1S/C20H20N4O3S/c1-2-26-18-12-16(13-22-24-19(25)14-21-23-20(24)28)8-9-17(18)27-11-10-15-6-4-3-5-7-15/h3-9,12-14H,2,10-11H2,1H3,(H,23,28)/b22-13+. The van der Waals surface area contributed by atoms with Gasteiger partial charge in [-0.05, 0) is 48.5 Å². The Hall–Kier alpha value is -3.26. The summed E-state index contributed by atoms with van der Waals surface area (Å²) < 4.78 is 12.8. The molecule has 28 heavy (non-hydrogen) atoms. The van der Waals surface area contributed by atoms with Crippen molar-refractivity contribution in [2.24, 2.45) is 5.10 Å². The fourth-order valence-electron chi connectivity index (χ4n) is 2.49. The molecule has 0 aliphatic heterocycles. The Balaban J connectivity index is 1.74. The Labute approximate surface area is 167 Å². The van der Waals surface area contributed by atoms with Crippen LogP contribution in [-0.4, -0.2) is 34.3 Å². The van der Waals surface area contributed by atoms with Crippen molar-refractivity contribution < 1.29 is 9.47 Å². The van der Waals surface area contributed by atoms with Gasteiger partial charge in [0.2, 0.25) is 4.77 Å². The minimum atomic E-state index is -0.411. The van der Waals surface area contributed by atoms with Crippen molar-refractivity contribution in [1.29, 1.82) is 0 Å². The second-order valence-electron chi connectivity index (χ2n) is 5.79. The van der Waals surface area contributed by atoms with Crippen molar-refractivity contribution in [3.63, 3.8) is 0 Å². The summed E-state index contributed by atoms with van der Waals surface area (Å²) in [6.45, 7) is 2.95. The highest BCUT2D eigenvalue weighted by Gasteiger charge is 2.06. The number of aromatic amines is 1. The summed E-state index contributed by atoms with van der Waals surface area (Å²) in [6.07, 6.45) is 3.45. The second-order valence-corrected chi connectivity index (χ2v) is 6.18. The highest BCUT2D eigenvalue weighted by atomic mass is 32.1. The van der Waals surface area contributed by atoms with Crippen LogP contribution in [0.15, 0.2) is 64.6 Å². The first-order chi connectivity index (χ1) is 13.7. The number of hydrogen-bond donors (Lipinski definition) is 1. The van der Waals surface area contributed by atoms with Crippen molar-refractivity contribution in [3.05, 3.63) is 81.0 Å². The van der Waals surface area contributed by atoms with E-state index in [9.17, 15) is 4.79 Å². The van der Waals surface area contributed by atoms with Gasteiger partial charge in [-0.1, -0.05) is 30.3 Å². The predicted octanol–water partition coefficient (Wildman–Crippen LogP) is 3.20. The number of benzene rings is 2. The largest absolute Gasteiger partial charge is 0.490 e. The van der Waals surface area contributed by atoms with E-state index in [0.29, 0.717) is 24.7 Å². The van der Waals surface area contributed by atoms with Gasteiger partial charge in [0.1, 0.15) is 6.20 Å². The Morgan fingerprint density at radius 1 is 1.18 bits per heavy atom. The molecule has 0 radical (unpaired) electrons. The first kappa shape index (κ1) is 19.5. The minimum Gasteiger partial charge on any atom is -0.490 e. The highest BCUT2D eigenvalue weighted by Crippen LogP contribution is 2.28. The van der Waals surface area contributed by atoms with Crippen LogP contribution in [-0.2, 0) is 6.42 Å². The highest BCUT2D eigenvalue weighted by molar-refractivity contribution is 7.71. The Morgan fingerprint density at radius 3 is 2.75 bits per heavy atom. The lowest BCUT2D eigenvalue weighted by Crippen LogP contribution is -2.18. The molecule has 0 bridgehead atoms. The maximum Gasteiger partial charge on any atom is 0.293 e. The molecule has 144 valence electrons. The van der Waals surface area contributed by atoms with Crippen LogP contribution in [0.5, 0.6) is 11.5 Å². The predicted molar refractivity (Wildman–Crippen MR) is 110 cm³/mol. The molecule has 0 amide bonds. The molecule has 0 unspecified atom stereocenters. The fourth-order valence-corrected chi connectivity index (χ4v) is 2.68. The zero-order chi connectivity index (χ0) is 19.8. The van der Waals surface area contributed by atoms with Crippen molar-refractivity contribution in [2.45, 2.75) is 13.3 Å². The topological polar surface area (TPSA) is 81.5 Å². The lowest BCUT2D eigenvalue weighted by Gasteiger charge is -2.12. The van der Waals surface area contributed by atoms with Gasteiger partial charge in [-0.25, -0.2) is 0 Å². The van der Waals surface area contributed by atoms with Crippen molar-refractivity contribution in [3.8, 4) is 11.5 Å². The monoisotopic (exact) mass is 396 g/mol. The zero-order valence-corrected chi connectivity index (χ0v) is 16.2. The molecule has 1 N–H and O–H groups in total. The summed E-state index contributed by atoms with van der Waals surface area (Å²) in [5.41, 5.74) is 1.55. The molecule has 0 saturated heterocycles. The van der Waals surface area contributed by atoms with E-state index < -0.39 is 5.56 Å². The van der Waals surface area contributed by atoms with E-state index in [1.54, 1.807) is 0 Å².